The Hall–Kier alpha value is -2.93. The van der Waals surface area contributed by atoms with Crippen molar-refractivity contribution in [3.63, 3.8) is 0 Å². The van der Waals surface area contributed by atoms with E-state index in [2.05, 4.69) is 4.90 Å². The first kappa shape index (κ1) is 20.3. The molecule has 2 fully saturated rings. The minimum absolute atomic E-state index is 0.0230. The molecule has 2 aliphatic heterocycles. The van der Waals surface area contributed by atoms with Crippen LogP contribution in [0.25, 0.3) is 0 Å². The van der Waals surface area contributed by atoms with Gasteiger partial charge >= 0.3 is 0 Å². The van der Waals surface area contributed by atoms with Crippen LogP contribution in [-0.4, -0.2) is 70.9 Å². The molecule has 0 radical (unpaired) electrons. The van der Waals surface area contributed by atoms with Crippen LogP contribution in [-0.2, 0) is 11.3 Å². The van der Waals surface area contributed by atoms with Crippen molar-refractivity contribution in [3.05, 3.63) is 70.1 Å². The normalized spacial score (nSPS) is 19.8. The summed E-state index contributed by atoms with van der Waals surface area (Å²) in [6, 6.07) is 13.1. The van der Waals surface area contributed by atoms with Crippen LogP contribution in [0, 0.1) is 0 Å². The highest BCUT2D eigenvalue weighted by Gasteiger charge is 2.32. The lowest BCUT2D eigenvalue weighted by molar-refractivity contribution is -0.130. The maximum Gasteiger partial charge on any atom is 0.263 e. The number of nitrogens with zero attached hydrogens (tertiary/aromatic N) is 4. The van der Waals surface area contributed by atoms with Gasteiger partial charge in [-0.3, -0.25) is 14.4 Å². The van der Waals surface area contributed by atoms with Gasteiger partial charge in [-0.15, -0.1) is 0 Å². The molecule has 2 saturated heterocycles. The number of carbonyl (C=O) groups excluding carboxylic acids is 2. The second kappa shape index (κ2) is 8.83. The standard InChI is InChI=1S/C23H28N4O3/c1-24-14-15-27(20(16-24)18-8-3-2-4-9-18)23(30)19-10-7-13-26(22(19)29)17-21(28)25-11-5-6-12-25/h2-4,7-10,13,20H,5-6,11-12,14-17H2,1H3/t20-/m0/s1. The molecule has 0 aliphatic carbocycles. The summed E-state index contributed by atoms with van der Waals surface area (Å²) in [5.74, 6) is -0.342. The summed E-state index contributed by atoms with van der Waals surface area (Å²) >= 11 is 0. The number of pyridine rings is 1. The van der Waals surface area contributed by atoms with Gasteiger partial charge in [-0.1, -0.05) is 30.3 Å². The van der Waals surface area contributed by atoms with Crippen LogP contribution < -0.4 is 5.56 Å². The number of hydrogen-bond donors (Lipinski definition) is 0. The van der Waals surface area contributed by atoms with E-state index in [-0.39, 0.29) is 30.0 Å². The minimum Gasteiger partial charge on any atom is -0.341 e. The Morgan fingerprint density at radius 1 is 0.967 bits per heavy atom. The summed E-state index contributed by atoms with van der Waals surface area (Å²) in [6.07, 6.45) is 3.60. The van der Waals surface area contributed by atoms with E-state index >= 15 is 0 Å². The third-order valence-corrected chi connectivity index (χ3v) is 6.04. The molecule has 1 aromatic heterocycles. The molecule has 2 aromatic rings. The lowest BCUT2D eigenvalue weighted by Crippen LogP contribution is -2.50. The highest BCUT2D eigenvalue weighted by atomic mass is 16.2. The molecule has 7 heteroatoms. The fraction of sp³-hybridized carbons (Fsp3) is 0.435. The Balaban J connectivity index is 1.59. The van der Waals surface area contributed by atoms with Crippen molar-refractivity contribution < 1.29 is 9.59 Å². The Labute approximate surface area is 176 Å². The summed E-state index contributed by atoms with van der Waals surface area (Å²) in [5.41, 5.74) is 0.774. The second-order valence-electron chi connectivity index (χ2n) is 8.13. The van der Waals surface area contributed by atoms with Crippen molar-refractivity contribution in [2.45, 2.75) is 25.4 Å². The number of likely N-dealkylation sites (tertiary alicyclic amines) is 1. The smallest absolute Gasteiger partial charge is 0.263 e. The van der Waals surface area contributed by atoms with Gasteiger partial charge in [0.1, 0.15) is 12.1 Å². The molecule has 4 rings (SSSR count). The summed E-state index contributed by atoms with van der Waals surface area (Å²) in [6.45, 7) is 3.48. The molecule has 30 heavy (non-hydrogen) atoms. The molecule has 0 bridgehead atoms. The topological polar surface area (TPSA) is 65.9 Å². The fourth-order valence-corrected chi connectivity index (χ4v) is 4.31. The molecule has 158 valence electrons. The van der Waals surface area contributed by atoms with Crippen molar-refractivity contribution in [2.75, 3.05) is 39.8 Å². The van der Waals surface area contributed by atoms with Gasteiger partial charge in [-0.25, -0.2) is 0 Å². The van der Waals surface area contributed by atoms with Crippen LogP contribution in [0.15, 0.2) is 53.5 Å². The van der Waals surface area contributed by atoms with Crippen LogP contribution in [0.3, 0.4) is 0 Å². The van der Waals surface area contributed by atoms with Gasteiger partial charge in [0.2, 0.25) is 5.91 Å². The monoisotopic (exact) mass is 408 g/mol. The van der Waals surface area contributed by atoms with Crippen LogP contribution in [0.5, 0.6) is 0 Å². The summed E-state index contributed by atoms with van der Waals surface area (Å²) < 4.78 is 1.36. The highest BCUT2D eigenvalue weighted by molar-refractivity contribution is 5.94. The van der Waals surface area contributed by atoms with Crippen molar-refractivity contribution in [3.8, 4) is 0 Å². The molecule has 0 unspecified atom stereocenters. The lowest BCUT2D eigenvalue weighted by atomic mass is 10.0. The van der Waals surface area contributed by atoms with Gasteiger partial charge in [-0.05, 0) is 37.6 Å². The molecule has 3 heterocycles. The minimum atomic E-state index is -0.402. The largest absolute Gasteiger partial charge is 0.341 e. The number of benzene rings is 1. The van der Waals surface area contributed by atoms with E-state index in [4.69, 9.17) is 0 Å². The van der Waals surface area contributed by atoms with E-state index < -0.39 is 5.56 Å². The van der Waals surface area contributed by atoms with Gasteiger partial charge in [0, 0.05) is 38.9 Å². The summed E-state index contributed by atoms with van der Waals surface area (Å²) in [7, 11) is 2.04. The quantitative estimate of drug-likeness (QED) is 0.771. The molecule has 0 saturated carbocycles. The molecule has 0 N–H and O–H groups in total. The van der Waals surface area contributed by atoms with Gasteiger partial charge in [0.15, 0.2) is 0 Å². The zero-order valence-corrected chi connectivity index (χ0v) is 17.4. The third kappa shape index (κ3) is 4.16. The SMILES string of the molecule is CN1CCN(C(=O)c2cccn(CC(=O)N3CCCC3)c2=O)[C@H](c2ccccc2)C1. The summed E-state index contributed by atoms with van der Waals surface area (Å²) in [4.78, 5) is 44.7. The van der Waals surface area contributed by atoms with Crippen molar-refractivity contribution in [1.82, 2.24) is 19.3 Å². The molecule has 7 nitrogen and oxygen atoms in total. The van der Waals surface area contributed by atoms with Crippen LogP contribution in [0.2, 0.25) is 0 Å². The van der Waals surface area contributed by atoms with Crippen LogP contribution in [0.4, 0.5) is 0 Å². The Bertz CT molecular complexity index is 966. The number of piperazine rings is 1. The van der Waals surface area contributed by atoms with Crippen molar-refractivity contribution >= 4 is 11.8 Å². The zero-order valence-electron chi connectivity index (χ0n) is 17.4. The van der Waals surface area contributed by atoms with E-state index in [1.807, 2.05) is 37.4 Å². The van der Waals surface area contributed by atoms with E-state index in [1.165, 1.54) is 4.57 Å². The molecular formula is C23H28N4O3. The highest BCUT2D eigenvalue weighted by Crippen LogP contribution is 2.26. The molecule has 0 spiro atoms. The van der Waals surface area contributed by atoms with E-state index in [0.29, 0.717) is 13.1 Å². The first-order chi connectivity index (χ1) is 14.5. The molecule has 1 atom stereocenters. The number of carbonyl (C=O) groups is 2. The predicted octanol–water partition coefficient (Wildman–Crippen LogP) is 1.60. The maximum absolute atomic E-state index is 13.4. The van der Waals surface area contributed by atoms with Crippen molar-refractivity contribution in [2.24, 2.45) is 0 Å². The fourth-order valence-electron chi connectivity index (χ4n) is 4.31. The zero-order chi connectivity index (χ0) is 21.1. The molecule has 2 amide bonds. The number of amides is 2. The molecular weight excluding hydrogens is 380 g/mol. The van der Waals surface area contributed by atoms with E-state index in [9.17, 15) is 14.4 Å². The van der Waals surface area contributed by atoms with Crippen molar-refractivity contribution in [1.29, 1.82) is 0 Å². The van der Waals surface area contributed by atoms with Gasteiger partial charge in [-0.2, -0.15) is 0 Å². The van der Waals surface area contributed by atoms with E-state index in [1.54, 1.807) is 28.1 Å². The van der Waals surface area contributed by atoms with E-state index in [0.717, 1.165) is 38.0 Å². The Kier molecular flexibility index (Phi) is 5.99. The second-order valence-corrected chi connectivity index (χ2v) is 8.13. The average molecular weight is 409 g/mol. The van der Waals surface area contributed by atoms with Gasteiger partial charge in [0.05, 0.1) is 6.04 Å². The molecule has 1 aromatic carbocycles. The predicted molar refractivity (Wildman–Crippen MR) is 114 cm³/mol. The first-order valence-corrected chi connectivity index (χ1v) is 10.6. The number of aromatic nitrogens is 1. The number of rotatable bonds is 4. The Morgan fingerprint density at radius 3 is 2.43 bits per heavy atom. The summed E-state index contributed by atoms with van der Waals surface area (Å²) in [5, 5.41) is 0. The third-order valence-electron chi connectivity index (χ3n) is 6.04. The Morgan fingerprint density at radius 2 is 1.70 bits per heavy atom. The number of hydrogen-bond acceptors (Lipinski definition) is 4. The maximum atomic E-state index is 13.4. The number of likely N-dealkylation sites (N-methyl/N-ethyl adjacent to an activating group) is 1. The van der Waals surface area contributed by atoms with Crippen LogP contribution >= 0.6 is 0 Å². The lowest BCUT2D eigenvalue weighted by Gasteiger charge is -2.40. The first-order valence-electron chi connectivity index (χ1n) is 10.6. The van der Waals surface area contributed by atoms with Gasteiger partial charge in [0.25, 0.3) is 11.5 Å². The van der Waals surface area contributed by atoms with Crippen LogP contribution in [0.1, 0.15) is 34.8 Å². The van der Waals surface area contributed by atoms with Gasteiger partial charge < -0.3 is 19.3 Å². The average Bonchev–Trinajstić information content (AvgIpc) is 3.30. The molecule has 2 aliphatic rings.